The molecule has 1 aliphatic heterocycles. The fraction of sp³-hybridized carbons (Fsp3) is 0.533. The number of rotatable bonds is 6. The molecule has 1 aliphatic rings. The van der Waals surface area contributed by atoms with Gasteiger partial charge in [-0.25, -0.2) is 4.79 Å². The average molecular weight is 277 g/mol. The lowest BCUT2D eigenvalue weighted by Gasteiger charge is -2.15. The molecule has 20 heavy (non-hydrogen) atoms. The molecule has 0 spiro atoms. The highest BCUT2D eigenvalue weighted by atomic mass is 16.5. The highest BCUT2D eigenvalue weighted by Crippen LogP contribution is 2.15. The standard InChI is InChI=1S/C15H23N3O2/c1-2-20-14-7-5-13(6-8-14)17-15(19)16-9-12-18-10-3-4-11-18/h5-8H,2-4,9-12H2,1H3,(H2,16,17,19). The molecule has 0 bridgehead atoms. The Morgan fingerprint density at radius 3 is 2.60 bits per heavy atom. The van der Waals surface area contributed by atoms with Gasteiger partial charge in [-0.15, -0.1) is 0 Å². The summed E-state index contributed by atoms with van der Waals surface area (Å²) in [5, 5.41) is 5.69. The first kappa shape index (κ1) is 14.7. The lowest BCUT2D eigenvalue weighted by molar-refractivity contribution is 0.249. The number of nitrogens with one attached hydrogen (secondary N) is 2. The number of benzene rings is 1. The Morgan fingerprint density at radius 2 is 1.95 bits per heavy atom. The van der Waals surface area contributed by atoms with Gasteiger partial charge in [0.15, 0.2) is 0 Å². The number of hydrogen-bond donors (Lipinski definition) is 2. The smallest absolute Gasteiger partial charge is 0.319 e. The van der Waals surface area contributed by atoms with Crippen molar-refractivity contribution in [3.63, 3.8) is 0 Å². The number of amides is 2. The van der Waals surface area contributed by atoms with Crippen LogP contribution in [0.4, 0.5) is 10.5 Å². The number of carbonyl (C=O) groups excluding carboxylic acids is 1. The van der Waals surface area contributed by atoms with E-state index in [1.807, 2.05) is 31.2 Å². The molecular weight excluding hydrogens is 254 g/mol. The van der Waals surface area contributed by atoms with Crippen LogP contribution in [-0.2, 0) is 0 Å². The van der Waals surface area contributed by atoms with Crippen LogP contribution in [0.2, 0.25) is 0 Å². The summed E-state index contributed by atoms with van der Waals surface area (Å²) in [5.41, 5.74) is 0.770. The van der Waals surface area contributed by atoms with Gasteiger partial charge < -0.3 is 20.3 Å². The number of urea groups is 1. The molecule has 5 nitrogen and oxygen atoms in total. The van der Waals surface area contributed by atoms with Crippen molar-refractivity contribution in [1.82, 2.24) is 10.2 Å². The number of hydrogen-bond acceptors (Lipinski definition) is 3. The highest BCUT2D eigenvalue weighted by Gasteiger charge is 2.10. The normalized spacial score (nSPS) is 15.1. The minimum absolute atomic E-state index is 0.159. The zero-order chi connectivity index (χ0) is 14.2. The topological polar surface area (TPSA) is 53.6 Å². The second kappa shape index (κ2) is 7.75. The van der Waals surface area contributed by atoms with Crippen molar-refractivity contribution in [2.24, 2.45) is 0 Å². The molecule has 2 N–H and O–H groups in total. The maximum Gasteiger partial charge on any atom is 0.319 e. The van der Waals surface area contributed by atoms with Crippen LogP contribution in [0.25, 0.3) is 0 Å². The molecule has 1 heterocycles. The SMILES string of the molecule is CCOc1ccc(NC(=O)NCCN2CCCC2)cc1. The second-order valence-corrected chi connectivity index (χ2v) is 4.89. The van der Waals surface area contributed by atoms with Gasteiger partial charge in [-0.2, -0.15) is 0 Å². The summed E-state index contributed by atoms with van der Waals surface area (Å²) in [7, 11) is 0. The van der Waals surface area contributed by atoms with Gasteiger partial charge in [0.25, 0.3) is 0 Å². The maximum atomic E-state index is 11.7. The van der Waals surface area contributed by atoms with Gasteiger partial charge in [0.1, 0.15) is 5.75 Å². The zero-order valence-electron chi connectivity index (χ0n) is 12.0. The molecule has 0 radical (unpaired) electrons. The van der Waals surface area contributed by atoms with Crippen molar-refractivity contribution < 1.29 is 9.53 Å². The summed E-state index contributed by atoms with van der Waals surface area (Å²) in [6.07, 6.45) is 2.55. The van der Waals surface area contributed by atoms with Crippen LogP contribution in [0, 0.1) is 0 Å². The van der Waals surface area contributed by atoms with Gasteiger partial charge in [0.05, 0.1) is 6.61 Å². The third-order valence-electron chi connectivity index (χ3n) is 3.34. The fourth-order valence-corrected chi connectivity index (χ4v) is 2.31. The summed E-state index contributed by atoms with van der Waals surface area (Å²) in [5.74, 6) is 0.812. The van der Waals surface area contributed by atoms with Crippen LogP contribution in [0.1, 0.15) is 19.8 Å². The van der Waals surface area contributed by atoms with E-state index in [0.29, 0.717) is 13.2 Å². The van der Waals surface area contributed by atoms with Gasteiger partial charge in [0, 0.05) is 18.8 Å². The molecule has 1 aromatic rings. The van der Waals surface area contributed by atoms with Crippen LogP contribution in [-0.4, -0.2) is 43.7 Å². The lowest BCUT2D eigenvalue weighted by Crippen LogP contribution is -2.35. The predicted octanol–water partition coefficient (Wildman–Crippen LogP) is 2.30. The first-order valence-electron chi connectivity index (χ1n) is 7.28. The van der Waals surface area contributed by atoms with Crippen LogP contribution in [0.15, 0.2) is 24.3 Å². The minimum Gasteiger partial charge on any atom is -0.494 e. The van der Waals surface area contributed by atoms with Gasteiger partial charge in [-0.3, -0.25) is 0 Å². The molecule has 1 aromatic carbocycles. The molecule has 5 heteroatoms. The molecule has 1 saturated heterocycles. The lowest BCUT2D eigenvalue weighted by atomic mass is 10.3. The Kier molecular flexibility index (Phi) is 5.68. The van der Waals surface area contributed by atoms with Crippen LogP contribution in [0.5, 0.6) is 5.75 Å². The number of likely N-dealkylation sites (tertiary alicyclic amines) is 1. The molecule has 2 rings (SSSR count). The molecule has 110 valence electrons. The van der Waals surface area contributed by atoms with Crippen molar-refractivity contribution >= 4 is 11.7 Å². The van der Waals surface area contributed by atoms with E-state index < -0.39 is 0 Å². The Balaban J connectivity index is 1.67. The van der Waals surface area contributed by atoms with Gasteiger partial charge in [-0.05, 0) is 57.1 Å². The number of carbonyl (C=O) groups is 1. The summed E-state index contributed by atoms with van der Waals surface area (Å²) in [6.45, 7) is 6.51. The number of ether oxygens (including phenoxy) is 1. The first-order chi connectivity index (χ1) is 9.78. The summed E-state index contributed by atoms with van der Waals surface area (Å²) < 4.78 is 5.35. The predicted molar refractivity (Wildman–Crippen MR) is 80.3 cm³/mol. The molecular formula is C15H23N3O2. The van der Waals surface area contributed by atoms with Crippen molar-refractivity contribution in [3.05, 3.63) is 24.3 Å². The molecule has 0 aromatic heterocycles. The Morgan fingerprint density at radius 1 is 1.25 bits per heavy atom. The maximum absolute atomic E-state index is 11.7. The Hall–Kier alpha value is -1.75. The van der Waals surface area contributed by atoms with E-state index in [1.54, 1.807) is 0 Å². The van der Waals surface area contributed by atoms with Crippen molar-refractivity contribution in [2.75, 3.05) is 38.1 Å². The number of nitrogens with zero attached hydrogens (tertiary/aromatic N) is 1. The van der Waals surface area contributed by atoms with E-state index in [4.69, 9.17) is 4.74 Å². The third-order valence-corrected chi connectivity index (χ3v) is 3.34. The minimum atomic E-state index is -0.159. The van der Waals surface area contributed by atoms with E-state index in [0.717, 1.165) is 31.1 Å². The van der Waals surface area contributed by atoms with Crippen LogP contribution < -0.4 is 15.4 Å². The molecule has 0 atom stereocenters. The van der Waals surface area contributed by atoms with Crippen LogP contribution >= 0.6 is 0 Å². The molecule has 1 fully saturated rings. The molecule has 2 amide bonds. The summed E-state index contributed by atoms with van der Waals surface area (Å²) >= 11 is 0. The third kappa shape index (κ3) is 4.74. The fourth-order valence-electron chi connectivity index (χ4n) is 2.31. The van der Waals surface area contributed by atoms with Crippen LogP contribution in [0.3, 0.4) is 0 Å². The first-order valence-corrected chi connectivity index (χ1v) is 7.28. The molecule has 0 aliphatic carbocycles. The van der Waals surface area contributed by atoms with Gasteiger partial charge in [-0.1, -0.05) is 0 Å². The quantitative estimate of drug-likeness (QED) is 0.839. The van der Waals surface area contributed by atoms with E-state index in [1.165, 1.54) is 12.8 Å². The molecule has 0 unspecified atom stereocenters. The highest BCUT2D eigenvalue weighted by molar-refractivity contribution is 5.89. The van der Waals surface area contributed by atoms with E-state index in [-0.39, 0.29) is 6.03 Å². The second-order valence-electron chi connectivity index (χ2n) is 4.89. The largest absolute Gasteiger partial charge is 0.494 e. The Labute approximate surface area is 120 Å². The van der Waals surface area contributed by atoms with E-state index in [2.05, 4.69) is 15.5 Å². The zero-order valence-corrected chi connectivity index (χ0v) is 12.0. The van der Waals surface area contributed by atoms with Crippen molar-refractivity contribution in [1.29, 1.82) is 0 Å². The van der Waals surface area contributed by atoms with E-state index in [9.17, 15) is 4.79 Å². The summed E-state index contributed by atoms with van der Waals surface area (Å²) in [4.78, 5) is 14.1. The van der Waals surface area contributed by atoms with Crippen molar-refractivity contribution in [2.45, 2.75) is 19.8 Å². The summed E-state index contributed by atoms with van der Waals surface area (Å²) in [6, 6.07) is 7.22. The molecule has 0 saturated carbocycles. The Bertz CT molecular complexity index is 414. The average Bonchev–Trinajstić information content (AvgIpc) is 2.94. The van der Waals surface area contributed by atoms with Crippen molar-refractivity contribution in [3.8, 4) is 5.75 Å². The van der Waals surface area contributed by atoms with Gasteiger partial charge in [0.2, 0.25) is 0 Å². The van der Waals surface area contributed by atoms with E-state index >= 15 is 0 Å². The number of anilines is 1. The monoisotopic (exact) mass is 277 g/mol. The van der Waals surface area contributed by atoms with Gasteiger partial charge >= 0.3 is 6.03 Å².